The van der Waals surface area contributed by atoms with Gasteiger partial charge in [0.2, 0.25) is 5.95 Å². The standard InChI is InChI=1S/C19H16N8/c1-25-13-14(11-22-25)18-7-6-17-12-20-19(24-27(17)18)23-15-4-2-5-16(10-15)26-9-3-8-21-26/h2-13H,1H3,(H,23,24). The molecule has 0 saturated heterocycles. The van der Waals surface area contributed by atoms with E-state index in [4.69, 9.17) is 0 Å². The van der Waals surface area contributed by atoms with Crippen LogP contribution in [-0.4, -0.2) is 34.2 Å². The van der Waals surface area contributed by atoms with Gasteiger partial charge in [0, 0.05) is 36.9 Å². The van der Waals surface area contributed by atoms with Crippen molar-refractivity contribution in [2.45, 2.75) is 0 Å². The highest BCUT2D eigenvalue weighted by atomic mass is 15.3. The van der Waals surface area contributed by atoms with Crippen molar-refractivity contribution in [2.75, 3.05) is 5.32 Å². The lowest BCUT2D eigenvalue weighted by molar-refractivity contribution is 0.768. The Labute approximate surface area is 154 Å². The predicted octanol–water partition coefficient (Wildman–Crippen LogP) is 3.06. The molecular formula is C19H16N8. The van der Waals surface area contributed by atoms with Crippen molar-refractivity contribution in [3.8, 4) is 16.9 Å². The fourth-order valence-corrected chi connectivity index (χ4v) is 3.01. The van der Waals surface area contributed by atoms with Crippen molar-refractivity contribution >= 4 is 17.2 Å². The van der Waals surface area contributed by atoms with Crippen molar-refractivity contribution in [1.29, 1.82) is 0 Å². The van der Waals surface area contributed by atoms with Crippen molar-refractivity contribution in [1.82, 2.24) is 34.2 Å². The molecule has 0 radical (unpaired) electrons. The molecule has 5 aromatic rings. The minimum atomic E-state index is 0.515. The van der Waals surface area contributed by atoms with Crippen LogP contribution in [0.1, 0.15) is 0 Å². The van der Waals surface area contributed by atoms with E-state index in [1.807, 2.05) is 77.3 Å². The van der Waals surface area contributed by atoms with E-state index in [9.17, 15) is 0 Å². The Balaban J connectivity index is 1.50. The van der Waals surface area contributed by atoms with Gasteiger partial charge in [-0.2, -0.15) is 10.2 Å². The van der Waals surface area contributed by atoms with Gasteiger partial charge in [0.1, 0.15) is 0 Å². The van der Waals surface area contributed by atoms with Crippen LogP contribution < -0.4 is 5.32 Å². The molecule has 8 heteroatoms. The van der Waals surface area contributed by atoms with Crippen LogP contribution in [0.2, 0.25) is 0 Å². The highest BCUT2D eigenvalue weighted by Gasteiger charge is 2.09. The minimum Gasteiger partial charge on any atom is -0.323 e. The summed E-state index contributed by atoms with van der Waals surface area (Å²) in [6.45, 7) is 0. The molecule has 4 heterocycles. The molecule has 27 heavy (non-hydrogen) atoms. The molecular weight excluding hydrogens is 340 g/mol. The summed E-state index contributed by atoms with van der Waals surface area (Å²) in [5, 5.41) is 16.4. The smallest absolute Gasteiger partial charge is 0.245 e. The highest BCUT2D eigenvalue weighted by Crippen LogP contribution is 2.22. The molecule has 0 saturated carbocycles. The summed E-state index contributed by atoms with van der Waals surface area (Å²) in [5.41, 5.74) is 4.74. The third kappa shape index (κ3) is 2.82. The van der Waals surface area contributed by atoms with Crippen LogP contribution in [0, 0.1) is 0 Å². The van der Waals surface area contributed by atoms with E-state index in [0.29, 0.717) is 5.95 Å². The zero-order valence-electron chi connectivity index (χ0n) is 14.6. The van der Waals surface area contributed by atoms with E-state index in [2.05, 4.69) is 25.6 Å². The van der Waals surface area contributed by atoms with Crippen LogP contribution in [0.15, 0.2) is 73.4 Å². The molecule has 0 fully saturated rings. The molecule has 0 unspecified atom stereocenters. The Morgan fingerprint density at radius 2 is 1.96 bits per heavy atom. The molecule has 8 nitrogen and oxygen atoms in total. The van der Waals surface area contributed by atoms with Gasteiger partial charge >= 0.3 is 0 Å². The summed E-state index contributed by atoms with van der Waals surface area (Å²) >= 11 is 0. The normalized spacial score (nSPS) is 11.1. The second-order valence-corrected chi connectivity index (χ2v) is 6.17. The summed E-state index contributed by atoms with van der Waals surface area (Å²) in [6.07, 6.45) is 9.24. The van der Waals surface area contributed by atoms with Gasteiger partial charge in [-0.25, -0.2) is 14.2 Å². The minimum absolute atomic E-state index is 0.515. The number of fused-ring (bicyclic) bond motifs is 1. The van der Waals surface area contributed by atoms with Gasteiger partial charge in [-0.15, -0.1) is 5.10 Å². The van der Waals surface area contributed by atoms with Crippen LogP contribution in [0.4, 0.5) is 11.6 Å². The van der Waals surface area contributed by atoms with E-state index in [-0.39, 0.29) is 0 Å². The summed E-state index contributed by atoms with van der Waals surface area (Å²) < 4.78 is 5.45. The molecule has 0 spiro atoms. The maximum Gasteiger partial charge on any atom is 0.245 e. The van der Waals surface area contributed by atoms with Gasteiger partial charge in [0.25, 0.3) is 0 Å². The second-order valence-electron chi connectivity index (χ2n) is 6.17. The Hall–Kier alpha value is -3.94. The van der Waals surface area contributed by atoms with Gasteiger partial charge in [-0.3, -0.25) is 4.68 Å². The molecule has 132 valence electrons. The number of hydrogen-bond donors (Lipinski definition) is 1. The molecule has 0 bridgehead atoms. The lowest BCUT2D eigenvalue weighted by Crippen LogP contribution is -2.03. The topological polar surface area (TPSA) is 77.9 Å². The number of hydrogen-bond acceptors (Lipinski definition) is 5. The first-order valence-electron chi connectivity index (χ1n) is 8.47. The first-order valence-corrected chi connectivity index (χ1v) is 8.47. The SMILES string of the molecule is Cn1cc(-c2ccc3cnc(Nc4cccc(-n5cccn5)c4)nn23)cn1. The molecule has 1 N–H and O–H groups in total. The van der Waals surface area contributed by atoms with Crippen LogP contribution >= 0.6 is 0 Å². The van der Waals surface area contributed by atoms with E-state index in [1.54, 1.807) is 17.1 Å². The third-order valence-corrected chi connectivity index (χ3v) is 4.27. The van der Waals surface area contributed by atoms with Gasteiger partial charge in [-0.1, -0.05) is 6.07 Å². The summed E-state index contributed by atoms with van der Waals surface area (Å²) in [6, 6.07) is 13.8. The number of rotatable bonds is 4. The molecule has 5 rings (SSSR count). The number of nitrogens with zero attached hydrogens (tertiary/aromatic N) is 7. The number of benzene rings is 1. The molecule has 0 amide bonds. The van der Waals surface area contributed by atoms with Gasteiger partial charge in [0.15, 0.2) is 0 Å². The van der Waals surface area contributed by atoms with Gasteiger partial charge in [0.05, 0.1) is 29.3 Å². The number of anilines is 2. The Morgan fingerprint density at radius 1 is 1.00 bits per heavy atom. The van der Waals surface area contributed by atoms with Crippen LogP contribution in [0.3, 0.4) is 0 Å². The summed E-state index contributed by atoms with van der Waals surface area (Å²) in [4.78, 5) is 4.42. The molecule has 0 aliphatic heterocycles. The van der Waals surface area contributed by atoms with Crippen molar-refractivity contribution in [2.24, 2.45) is 7.05 Å². The Morgan fingerprint density at radius 3 is 2.78 bits per heavy atom. The van der Waals surface area contributed by atoms with Crippen molar-refractivity contribution in [3.63, 3.8) is 0 Å². The van der Waals surface area contributed by atoms with Crippen LogP contribution in [0.25, 0.3) is 22.5 Å². The molecule has 1 aromatic carbocycles. The fraction of sp³-hybridized carbons (Fsp3) is 0.0526. The molecule has 0 aliphatic rings. The van der Waals surface area contributed by atoms with E-state index < -0.39 is 0 Å². The number of aromatic nitrogens is 7. The quantitative estimate of drug-likeness (QED) is 0.535. The monoisotopic (exact) mass is 356 g/mol. The van der Waals surface area contributed by atoms with Crippen LogP contribution in [-0.2, 0) is 7.05 Å². The molecule has 4 aromatic heterocycles. The van der Waals surface area contributed by atoms with E-state index in [0.717, 1.165) is 28.1 Å². The van der Waals surface area contributed by atoms with E-state index >= 15 is 0 Å². The van der Waals surface area contributed by atoms with Crippen LogP contribution in [0.5, 0.6) is 0 Å². The maximum atomic E-state index is 4.64. The second kappa shape index (κ2) is 6.10. The average Bonchev–Trinajstić information content (AvgIpc) is 3.42. The largest absolute Gasteiger partial charge is 0.323 e. The fourth-order valence-electron chi connectivity index (χ4n) is 3.01. The predicted molar refractivity (Wildman–Crippen MR) is 102 cm³/mol. The summed E-state index contributed by atoms with van der Waals surface area (Å²) in [5.74, 6) is 0.515. The van der Waals surface area contributed by atoms with Gasteiger partial charge in [-0.05, 0) is 36.4 Å². The van der Waals surface area contributed by atoms with Crippen molar-refractivity contribution < 1.29 is 0 Å². The number of aryl methyl sites for hydroxylation is 1. The lowest BCUT2D eigenvalue weighted by atomic mass is 10.3. The first-order chi connectivity index (χ1) is 13.3. The highest BCUT2D eigenvalue weighted by molar-refractivity contribution is 5.66. The van der Waals surface area contributed by atoms with E-state index in [1.165, 1.54) is 0 Å². The number of nitrogens with one attached hydrogen (secondary N) is 1. The third-order valence-electron chi connectivity index (χ3n) is 4.27. The molecule has 0 atom stereocenters. The zero-order valence-corrected chi connectivity index (χ0v) is 14.6. The first kappa shape index (κ1) is 15.3. The lowest BCUT2D eigenvalue weighted by Gasteiger charge is -2.08. The van der Waals surface area contributed by atoms with Gasteiger partial charge < -0.3 is 5.32 Å². The zero-order chi connectivity index (χ0) is 18.2. The molecule has 0 aliphatic carbocycles. The van der Waals surface area contributed by atoms with Crippen molar-refractivity contribution in [3.05, 3.63) is 73.4 Å². The summed E-state index contributed by atoms with van der Waals surface area (Å²) in [7, 11) is 1.90. The maximum absolute atomic E-state index is 4.64. The Bertz CT molecular complexity index is 1220. The average molecular weight is 356 g/mol. The Kier molecular flexibility index (Phi) is 3.46.